The normalized spacial score (nSPS) is 22.9. The number of aromatic nitrogens is 4. The Labute approximate surface area is 116 Å². The van der Waals surface area contributed by atoms with Gasteiger partial charge < -0.3 is 11.1 Å². The van der Waals surface area contributed by atoms with E-state index in [1.807, 2.05) is 0 Å². The van der Waals surface area contributed by atoms with Crippen molar-refractivity contribution in [1.82, 2.24) is 19.8 Å². The molecular formula is C13H18N6O. The fourth-order valence-electron chi connectivity index (χ4n) is 2.83. The molecule has 2 atom stereocenters. The second kappa shape index (κ2) is 5.07. The van der Waals surface area contributed by atoms with E-state index in [9.17, 15) is 4.79 Å². The molecule has 0 spiro atoms. The van der Waals surface area contributed by atoms with Gasteiger partial charge in [0.15, 0.2) is 0 Å². The Hall–Kier alpha value is -2.18. The molecule has 3 N–H and O–H groups in total. The highest BCUT2D eigenvalue weighted by atomic mass is 16.1. The van der Waals surface area contributed by atoms with Crippen LogP contribution in [0.4, 0.5) is 5.69 Å². The number of nitrogens with one attached hydrogen (secondary N) is 1. The van der Waals surface area contributed by atoms with Crippen LogP contribution in [0.15, 0.2) is 12.5 Å². The summed E-state index contributed by atoms with van der Waals surface area (Å²) in [4.78, 5) is 11.6. The van der Waals surface area contributed by atoms with E-state index in [1.54, 1.807) is 4.52 Å². The molecule has 2 aromatic heterocycles. The molecule has 0 bridgehead atoms. The van der Waals surface area contributed by atoms with E-state index >= 15 is 0 Å². The van der Waals surface area contributed by atoms with Gasteiger partial charge in [-0.1, -0.05) is 19.8 Å². The standard InChI is InChI=1S/C13H18N6O/c1-8-4-2-3-5-10(8)17-11-9(12(14)20)6-16-19-7-15-18-13(11)19/h6-8,10,17H,2-5H2,1H3,(H2,14,20). The van der Waals surface area contributed by atoms with Crippen molar-refractivity contribution >= 4 is 17.2 Å². The Morgan fingerprint density at radius 3 is 3.00 bits per heavy atom. The maximum Gasteiger partial charge on any atom is 0.252 e. The molecule has 2 heterocycles. The van der Waals surface area contributed by atoms with Crippen LogP contribution >= 0.6 is 0 Å². The van der Waals surface area contributed by atoms with E-state index < -0.39 is 5.91 Å². The van der Waals surface area contributed by atoms with Crippen LogP contribution in [0.1, 0.15) is 43.0 Å². The third kappa shape index (κ3) is 2.19. The number of carbonyl (C=O) groups excluding carboxylic acids is 1. The lowest BCUT2D eigenvalue weighted by atomic mass is 9.86. The summed E-state index contributed by atoms with van der Waals surface area (Å²) in [6, 6.07) is 0.324. The highest BCUT2D eigenvalue weighted by Crippen LogP contribution is 2.29. The molecule has 20 heavy (non-hydrogen) atoms. The van der Waals surface area contributed by atoms with Crippen molar-refractivity contribution < 1.29 is 4.79 Å². The first-order valence-corrected chi connectivity index (χ1v) is 6.92. The summed E-state index contributed by atoms with van der Waals surface area (Å²) in [5, 5.41) is 15.4. The number of fused-ring (bicyclic) bond motifs is 1. The Morgan fingerprint density at radius 1 is 1.45 bits per heavy atom. The zero-order valence-electron chi connectivity index (χ0n) is 11.4. The average Bonchev–Trinajstić information content (AvgIpc) is 2.90. The fourth-order valence-corrected chi connectivity index (χ4v) is 2.83. The van der Waals surface area contributed by atoms with Crippen LogP contribution in [0.3, 0.4) is 0 Å². The number of carbonyl (C=O) groups is 1. The number of nitrogens with two attached hydrogens (primary N) is 1. The zero-order valence-corrected chi connectivity index (χ0v) is 11.4. The lowest BCUT2D eigenvalue weighted by molar-refractivity contribution is 0.100. The number of hydrogen-bond donors (Lipinski definition) is 2. The summed E-state index contributed by atoms with van der Waals surface area (Å²) in [6.07, 6.45) is 7.71. The third-order valence-corrected chi connectivity index (χ3v) is 4.04. The first-order chi connectivity index (χ1) is 9.66. The van der Waals surface area contributed by atoms with Crippen molar-refractivity contribution in [3.05, 3.63) is 18.1 Å². The van der Waals surface area contributed by atoms with Crippen LogP contribution < -0.4 is 11.1 Å². The summed E-state index contributed by atoms with van der Waals surface area (Å²) in [5.41, 5.74) is 6.99. The van der Waals surface area contributed by atoms with Crippen LogP contribution in [0.5, 0.6) is 0 Å². The molecule has 0 radical (unpaired) electrons. The van der Waals surface area contributed by atoms with Crippen LogP contribution in [0.2, 0.25) is 0 Å². The van der Waals surface area contributed by atoms with Gasteiger partial charge in [-0.05, 0) is 18.8 Å². The molecule has 0 aliphatic heterocycles. The van der Waals surface area contributed by atoms with Gasteiger partial charge in [0.2, 0.25) is 5.65 Å². The first kappa shape index (κ1) is 12.8. The van der Waals surface area contributed by atoms with Crippen molar-refractivity contribution in [3.63, 3.8) is 0 Å². The molecule has 1 aliphatic rings. The van der Waals surface area contributed by atoms with Gasteiger partial charge in [-0.25, -0.2) is 0 Å². The number of hydrogen-bond acceptors (Lipinski definition) is 5. The van der Waals surface area contributed by atoms with Crippen molar-refractivity contribution in [3.8, 4) is 0 Å². The monoisotopic (exact) mass is 274 g/mol. The van der Waals surface area contributed by atoms with E-state index in [1.165, 1.54) is 31.8 Å². The Balaban J connectivity index is 2.01. The van der Waals surface area contributed by atoms with E-state index in [4.69, 9.17) is 5.73 Å². The van der Waals surface area contributed by atoms with Gasteiger partial charge in [-0.15, -0.1) is 10.2 Å². The van der Waals surface area contributed by atoms with Gasteiger partial charge in [0.1, 0.15) is 6.33 Å². The largest absolute Gasteiger partial charge is 0.378 e. The third-order valence-electron chi connectivity index (χ3n) is 4.04. The van der Waals surface area contributed by atoms with E-state index in [2.05, 4.69) is 27.5 Å². The van der Waals surface area contributed by atoms with Gasteiger partial charge >= 0.3 is 0 Å². The van der Waals surface area contributed by atoms with Gasteiger partial charge in [0, 0.05) is 6.04 Å². The number of amides is 1. The van der Waals surface area contributed by atoms with Crippen LogP contribution in [-0.4, -0.2) is 31.8 Å². The van der Waals surface area contributed by atoms with Gasteiger partial charge in [0.05, 0.1) is 17.4 Å². The van der Waals surface area contributed by atoms with E-state index in [0.717, 1.165) is 6.42 Å². The molecule has 2 aromatic rings. The quantitative estimate of drug-likeness (QED) is 0.876. The predicted molar refractivity (Wildman–Crippen MR) is 74.3 cm³/mol. The Kier molecular flexibility index (Phi) is 3.25. The molecular weight excluding hydrogens is 256 g/mol. The Bertz CT molecular complexity index is 637. The molecule has 1 aliphatic carbocycles. The van der Waals surface area contributed by atoms with Crippen molar-refractivity contribution in [2.24, 2.45) is 11.7 Å². The minimum absolute atomic E-state index is 0.324. The second-order valence-electron chi connectivity index (χ2n) is 5.41. The van der Waals surface area contributed by atoms with Gasteiger partial charge in [-0.2, -0.15) is 9.61 Å². The summed E-state index contributed by atoms with van der Waals surface area (Å²) in [5.74, 6) is 0.0505. The van der Waals surface area contributed by atoms with Crippen molar-refractivity contribution in [1.29, 1.82) is 0 Å². The number of nitrogens with zero attached hydrogens (tertiary/aromatic N) is 4. The maximum atomic E-state index is 11.6. The minimum Gasteiger partial charge on any atom is -0.378 e. The number of rotatable bonds is 3. The highest BCUT2D eigenvalue weighted by Gasteiger charge is 2.24. The summed E-state index contributed by atoms with van der Waals surface area (Å²) in [6.45, 7) is 2.23. The molecule has 7 heteroatoms. The van der Waals surface area contributed by atoms with Gasteiger partial charge in [-0.3, -0.25) is 4.79 Å². The fraction of sp³-hybridized carbons (Fsp3) is 0.538. The Morgan fingerprint density at radius 2 is 2.25 bits per heavy atom. The molecule has 0 saturated heterocycles. The molecule has 1 fully saturated rings. The maximum absolute atomic E-state index is 11.6. The summed E-state index contributed by atoms with van der Waals surface area (Å²) in [7, 11) is 0. The minimum atomic E-state index is -0.506. The topological polar surface area (TPSA) is 98.2 Å². The second-order valence-corrected chi connectivity index (χ2v) is 5.41. The molecule has 1 amide bonds. The summed E-state index contributed by atoms with van der Waals surface area (Å²) >= 11 is 0. The zero-order chi connectivity index (χ0) is 14.1. The lowest BCUT2D eigenvalue weighted by Gasteiger charge is -2.30. The van der Waals surface area contributed by atoms with Crippen LogP contribution in [-0.2, 0) is 0 Å². The summed E-state index contributed by atoms with van der Waals surface area (Å²) < 4.78 is 1.54. The first-order valence-electron chi connectivity index (χ1n) is 6.92. The van der Waals surface area contributed by atoms with Crippen molar-refractivity contribution in [2.75, 3.05) is 5.32 Å². The molecule has 3 rings (SSSR count). The van der Waals surface area contributed by atoms with Crippen LogP contribution in [0, 0.1) is 5.92 Å². The molecule has 106 valence electrons. The molecule has 2 unspecified atom stereocenters. The number of anilines is 1. The molecule has 0 aromatic carbocycles. The molecule has 7 nitrogen and oxygen atoms in total. The van der Waals surface area contributed by atoms with E-state index in [0.29, 0.717) is 28.9 Å². The van der Waals surface area contributed by atoms with Crippen molar-refractivity contribution in [2.45, 2.75) is 38.6 Å². The van der Waals surface area contributed by atoms with Gasteiger partial charge in [0.25, 0.3) is 5.91 Å². The van der Waals surface area contributed by atoms with Crippen LogP contribution in [0.25, 0.3) is 5.65 Å². The smallest absolute Gasteiger partial charge is 0.252 e. The van der Waals surface area contributed by atoms with E-state index in [-0.39, 0.29) is 0 Å². The average molecular weight is 274 g/mol. The SMILES string of the molecule is CC1CCCCC1Nc1c(C(N)=O)cnn2cnnc12. The number of primary amides is 1. The molecule has 1 saturated carbocycles. The lowest BCUT2D eigenvalue weighted by Crippen LogP contribution is -2.31. The highest BCUT2D eigenvalue weighted by molar-refractivity contribution is 6.01. The predicted octanol–water partition coefficient (Wildman–Crippen LogP) is 1.21.